The monoisotopic (exact) mass is 384 g/mol. The fourth-order valence-corrected chi connectivity index (χ4v) is 5.45. The van der Waals surface area contributed by atoms with E-state index in [1.165, 1.54) is 25.8 Å². The maximum absolute atomic E-state index is 13.4. The van der Waals surface area contributed by atoms with Gasteiger partial charge >= 0.3 is 0 Å². The first-order valence-corrected chi connectivity index (χ1v) is 10.8. The second-order valence-corrected chi connectivity index (χ2v) is 9.24. The topological polar surface area (TPSA) is 57.7 Å². The molecule has 142 valence electrons. The molecule has 27 heavy (non-hydrogen) atoms. The molecule has 0 N–H and O–H groups in total. The van der Waals surface area contributed by atoms with Gasteiger partial charge in [0.15, 0.2) is 5.78 Å². The van der Waals surface area contributed by atoms with E-state index in [0.717, 1.165) is 12.1 Å². The van der Waals surface area contributed by atoms with Gasteiger partial charge < -0.3 is 0 Å². The largest absolute Gasteiger partial charge is 0.297 e. The van der Waals surface area contributed by atoms with Crippen molar-refractivity contribution in [3.05, 3.63) is 65.7 Å². The lowest BCUT2D eigenvalue weighted by Gasteiger charge is -2.41. The summed E-state index contributed by atoms with van der Waals surface area (Å²) in [5.41, 5.74) is 1.43. The summed E-state index contributed by atoms with van der Waals surface area (Å²) in [5, 5.41) is 0. The van der Waals surface area contributed by atoms with Crippen molar-refractivity contribution in [1.29, 1.82) is 0 Å². The number of benzene rings is 2. The summed E-state index contributed by atoms with van der Waals surface area (Å²) in [4.78, 5) is 14.3. The van der Waals surface area contributed by atoms with Crippen LogP contribution in [0.2, 0.25) is 0 Å². The number of nitrogens with zero attached hydrogens (tertiary/aromatic N) is 2. The van der Waals surface area contributed by atoms with Gasteiger partial charge in [0.25, 0.3) is 0 Å². The molecule has 1 aliphatic carbocycles. The van der Waals surface area contributed by atoms with Gasteiger partial charge in [-0.1, -0.05) is 42.5 Å². The smallest absolute Gasteiger partial charge is 0.243 e. The highest BCUT2D eigenvalue weighted by Gasteiger charge is 2.41. The Morgan fingerprint density at radius 2 is 1.74 bits per heavy atom. The Morgan fingerprint density at radius 3 is 2.41 bits per heavy atom. The first kappa shape index (κ1) is 18.3. The minimum atomic E-state index is -3.69. The maximum atomic E-state index is 13.4. The summed E-state index contributed by atoms with van der Waals surface area (Å²) in [7, 11) is -3.69. The lowest BCUT2D eigenvalue weighted by Crippen LogP contribution is -2.51. The molecule has 0 bridgehead atoms. The second kappa shape index (κ2) is 7.19. The highest BCUT2D eigenvalue weighted by Crippen LogP contribution is 2.36. The standard InChI is InChI=1S/C21H24N2O3S/c1-16(24)18-8-5-9-20(14-18)27(25,26)23-13-12-22(19-10-11-19)15-21(23)17-6-3-2-4-7-17/h2-9,14,19,21H,10-13,15H2,1H3. The van der Waals surface area contributed by atoms with E-state index in [4.69, 9.17) is 0 Å². The van der Waals surface area contributed by atoms with E-state index in [1.54, 1.807) is 22.5 Å². The molecule has 4 rings (SSSR count). The molecule has 1 heterocycles. The predicted molar refractivity (Wildman–Crippen MR) is 104 cm³/mol. The van der Waals surface area contributed by atoms with Crippen LogP contribution in [-0.4, -0.2) is 49.1 Å². The van der Waals surface area contributed by atoms with Crippen molar-refractivity contribution in [3.63, 3.8) is 0 Å². The molecule has 0 spiro atoms. The van der Waals surface area contributed by atoms with E-state index >= 15 is 0 Å². The van der Waals surface area contributed by atoms with E-state index < -0.39 is 10.0 Å². The van der Waals surface area contributed by atoms with Gasteiger partial charge in [-0.15, -0.1) is 0 Å². The van der Waals surface area contributed by atoms with Gasteiger partial charge in [0.1, 0.15) is 0 Å². The first-order chi connectivity index (χ1) is 13.0. The molecular weight excluding hydrogens is 360 g/mol. The van der Waals surface area contributed by atoms with Crippen LogP contribution in [0.25, 0.3) is 0 Å². The molecule has 6 heteroatoms. The summed E-state index contributed by atoms with van der Waals surface area (Å²) in [5.74, 6) is -0.134. The highest BCUT2D eigenvalue weighted by molar-refractivity contribution is 7.89. The molecule has 1 saturated carbocycles. The number of hydrogen-bond acceptors (Lipinski definition) is 4. The molecule has 0 radical (unpaired) electrons. The summed E-state index contributed by atoms with van der Waals surface area (Å²) >= 11 is 0. The van der Waals surface area contributed by atoms with E-state index in [2.05, 4.69) is 4.90 Å². The molecule has 2 aromatic rings. The van der Waals surface area contributed by atoms with Crippen molar-refractivity contribution < 1.29 is 13.2 Å². The lowest BCUT2D eigenvalue weighted by atomic mass is 10.0. The third-order valence-electron chi connectivity index (χ3n) is 5.46. The molecule has 2 aromatic carbocycles. The van der Waals surface area contributed by atoms with Crippen LogP contribution in [0.4, 0.5) is 0 Å². The Hall–Kier alpha value is -2.02. The van der Waals surface area contributed by atoms with Crippen LogP contribution in [0.15, 0.2) is 59.5 Å². The molecule has 1 unspecified atom stereocenters. The molecule has 2 aliphatic rings. The summed E-state index contributed by atoms with van der Waals surface area (Å²) in [6.07, 6.45) is 2.41. The Bertz CT molecular complexity index is 939. The van der Waals surface area contributed by atoms with Crippen molar-refractivity contribution in [2.45, 2.75) is 36.7 Å². The van der Waals surface area contributed by atoms with Crippen LogP contribution in [0.1, 0.15) is 41.7 Å². The van der Waals surface area contributed by atoms with E-state index in [0.29, 0.717) is 24.7 Å². The lowest BCUT2D eigenvalue weighted by molar-refractivity contribution is 0.101. The molecule has 0 aromatic heterocycles. The second-order valence-electron chi connectivity index (χ2n) is 7.35. The zero-order chi connectivity index (χ0) is 19.0. The number of ketones is 1. The van der Waals surface area contributed by atoms with Gasteiger partial charge in [0, 0.05) is 31.2 Å². The fraction of sp³-hybridized carbons (Fsp3) is 0.381. The molecule has 5 nitrogen and oxygen atoms in total. The third-order valence-corrected chi connectivity index (χ3v) is 7.36. The molecule has 0 amide bonds. The molecule has 1 saturated heterocycles. The van der Waals surface area contributed by atoms with Gasteiger partial charge in [0.05, 0.1) is 10.9 Å². The Morgan fingerprint density at radius 1 is 1.00 bits per heavy atom. The van der Waals surface area contributed by atoms with Gasteiger partial charge in [0.2, 0.25) is 10.0 Å². The zero-order valence-corrected chi connectivity index (χ0v) is 16.2. The summed E-state index contributed by atoms with van der Waals surface area (Å²) in [6.45, 7) is 3.37. The van der Waals surface area contributed by atoms with Crippen LogP contribution in [-0.2, 0) is 10.0 Å². The number of carbonyl (C=O) groups excluding carboxylic acids is 1. The SMILES string of the molecule is CC(=O)c1cccc(S(=O)(=O)N2CCN(C3CC3)CC2c2ccccc2)c1. The van der Waals surface area contributed by atoms with Crippen LogP contribution >= 0.6 is 0 Å². The van der Waals surface area contributed by atoms with E-state index in [9.17, 15) is 13.2 Å². The van der Waals surface area contributed by atoms with Crippen LogP contribution in [0.5, 0.6) is 0 Å². The Labute approximate surface area is 160 Å². The van der Waals surface area contributed by atoms with Gasteiger partial charge in [-0.25, -0.2) is 8.42 Å². The minimum Gasteiger partial charge on any atom is -0.297 e. The summed E-state index contributed by atoms with van der Waals surface area (Å²) < 4.78 is 28.5. The number of sulfonamides is 1. The third kappa shape index (κ3) is 3.70. The van der Waals surface area contributed by atoms with Crippen LogP contribution < -0.4 is 0 Å². The van der Waals surface area contributed by atoms with Crippen molar-refractivity contribution >= 4 is 15.8 Å². The number of hydrogen-bond donors (Lipinski definition) is 0. The Balaban J connectivity index is 1.70. The van der Waals surface area contributed by atoms with Gasteiger partial charge in [-0.3, -0.25) is 9.69 Å². The van der Waals surface area contributed by atoms with Crippen molar-refractivity contribution in [1.82, 2.24) is 9.21 Å². The zero-order valence-electron chi connectivity index (χ0n) is 15.4. The Kier molecular flexibility index (Phi) is 4.88. The highest BCUT2D eigenvalue weighted by atomic mass is 32.2. The summed E-state index contributed by atoms with van der Waals surface area (Å²) in [6, 6.07) is 16.6. The van der Waals surface area contributed by atoms with Gasteiger partial charge in [-0.05, 0) is 37.5 Å². The van der Waals surface area contributed by atoms with E-state index in [-0.39, 0.29) is 16.7 Å². The van der Waals surface area contributed by atoms with Gasteiger partial charge in [-0.2, -0.15) is 4.31 Å². The number of Topliss-reactive ketones (excluding diaryl/α,β-unsaturated/α-hetero) is 1. The minimum absolute atomic E-state index is 0.134. The number of carbonyl (C=O) groups is 1. The van der Waals surface area contributed by atoms with E-state index in [1.807, 2.05) is 30.3 Å². The van der Waals surface area contributed by atoms with Crippen molar-refractivity contribution in [2.24, 2.45) is 0 Å². The quantitative estimate of drug-likeness (QED) is 0.744. The normalized spacial score (nSPS) is 21.9. The molecule has 1 aliphatic heterocycles. The first-order valence-electron chi connectivity index (χ1n) is 9.38. The molecule has 1 atom stereocenters. The average Bonchev–Trinajstić information content (AvgIpc) is 3.53. The van der Waals surface area contributed by atoms with Crippen molar-refractivity contribution in [2.75, 3.05) is 19.6 Å². The van der Waals surface area contributed by atoms with Crippen molar-refractivity contribution in [3.8, 4) is 0 Å². The molecule has 2 fully saturated rings. The molecular formula is C21H24N2O3S. The number of rotatable bonds is 5. The van der Waals surface area contributed by atoms with Crippen LogP contribution in [0, 0.1) is 0 Å². The number of piperazine rings is 1. The average molecular weight is 385 g/mol. The predicted octanol–water partition coefficient (Wildman–Crippen LogP) is 3.10. The fourth-order valence-electron chi connectivity index (χ4n) is 3.80. The maximum Gasteiger partial charge on any atom is 0.243 e. The van der Waals surface area contributed by atoms with Crippen LogP contribution in [0.3, 0.4) is 0 Å².